The molecule has 88 valence electrons. The first kappa shape index (κ1) is 12.2. The molecule has 1 rings (SSSR count). The fourth-order valence-electron chi connectivity index (χ4n) is 1.53. The van der Waals surface area contributed by atoms with Crippen molar-refractivity contribution in [1.82, 2.24) is 14.9 Å². The van der Waals surface area contributed by atoms with Gasteiger partial charge in [-0.15, -0.1) is 0 Å². The van der Waals surface area contributed by atoms with E-state index in [0.29, 0.717) is 12.2 Å². The first-order chi connectivity index (χ1) is 7.54. The van der Waals surface area contributed by atoms with Gasteiger partial charge in [0.1, 0.15) is 0 Å². The van der Waals surface area contributed by atoms with Crippen LogP contribution in [0, 0.1) is 0 Å². The van der Waals surface area contributed by atoms with Crippen molar-refractivity contribution in [2.75, 3.05) is 0 Å². The lowest BCUT2D eigenvalue weighted by Gasteiger charge is -2.17. The minimum Gasteiger partial charge on any atom is -0.481 e. The summed E-state index contributed by atoms with van der Waals surface area (Å²) in [5, 5.41) is 11.4. The third-order valence-corrected chi connectivity index (χ3v) is 2.20. The van der Waals surface area contributed by atoms with E-state index in [-0.39, 0.29) is 12.3 Å². The van der Waals surface area contributed by atoms with Gasteiger partial charge in [0.25, 0.3) is 0 Å². The molecule has 6 heteroatoms. The molecule has 6 nitrogen and oxygen atoms in total. The lowest BCUT2D eigenvalue weighted by Crippen LogP contribution is -2.29. The van der Waals surface area contributed by atoms with Crippen LogP contribution in [0.3, 0.4) is 0 Å². The molecule has 1 aromatic heterocycles. The van der Waals surface area contributed by atoms with Gasteiger partial charge in [0, 0.05) is 13.5 Å². The molecule has 0 radical (unpaired) electrons. The van der Waals surface area contributed by atoms with Crippen molar-refractivity contribution in [3.05, 3.63) is 18.2 Å². The number of carbonyl (C=O) groups excluding carboxylic acids is 1. The quantitative estimate of drug-likeness (QED) is 0.766. The van der Waals surface area contributed by atoms with Crippen molar-refractivity contribution >= 4 is 11.9 Å². The monoisotopic (exact) mass is 225 g/mol. The van der Waals surface area contributed by atoms with E-state index in [9.17, 15) is 9.59 Å². The molecule has 0 saturated heterocycles. The maximum absolute atomic E-state index is 11.0. The van der Waals surface area contributed by atoms with E-state index in [1.165, 1.54) is 6.92 Å². The largest absolute Gasteiger partial charge is 0.481 e. The number of carbonyl (C=O) groups is 2. The predicted octanol–water partition coefficient (Wildman–Crippen LogP) is 0.555. The maximum Gasteiger partial charge on any atom is 0.305 e. The zero-order valence-electron chi connectivity index (χ0n) is 9.30. The number of nitrogens with zero attached hydrogens (tertiary/aromatic N) is 2. The fourth-order valence-corrected chi connectivity index (χ4v) is 1.53. The molecule has 0 bridgehead atoms. The summed E-state index contributed by atoms with van der Waals surface area (Å²) in [5.74, 6) is -1.21. The minimum absolute atomic E-state index is 0.148. The Hall–Kier alpha value is -1.85. The Labute approximate surface area is 93.3 Å². The van der Waals surface area contributed by atoms with E-state index in [4.69, 9.17) is 5.11 Å². The highest BCUT2D eigenvalue weighted by atomic mass is 16.4. The highest BCUT2D eigenvalue weighted by Crippen LogP contribution is 2.16. The van der Waals surface area contributed by atoms with Gasteiger partial charge in [-0.05, 0) is 6.92 Å². The predicted molar refractivity (Wildman–Crippen MR) is 56.7 cm³/mol. The third kappa shape index (κ3) is 3.08. The van der Waals surface area contributed by atoms with Crippen LogP contribution in [-0.4, -0.2) is 26.5 Å². The smallest absolute Gasteiger partial charge is 0.305 e. The van der Waals surface area contributed by atoms with E-state index in [2.05, 4.69) is 10.3 Å². The Bertz CT molecular complexity index is 370. The fraction of sp³-hybridized carbons (Fsp3) is 0.500. The molecular formula is C10H15N3O3. The Kier molecular flexibility index (Phi) is 4.04. The second-order valence-corrected chi connectivity index (χ2v) is 3.46. The van der Waals surface area contributed by atoms with Gasteiger partial charge >= 0.3 is 5.97 Å². The number of imidazole rings is 1. The molecule has 1 unspecified atom stereocenters. The van der Waals surface area contributed by atoms with Crippen molar-refractivity contribution < 1.29 is 14.7 Å². The standard InChI is InChI=1S/C10H15N3O3/c1-3-13-6-11-5-9(13)8(4-10(15)16)12-7(2)14/h5-6,8H,3-4H2,1-2H3,(H,12,14)(H,15,16). The van der Waals surface area contributed by atoms with E-state index in [0.717, 1.165) is 0 Å². The van der Waals surface area contributed by atoms with E-state index in [1.807, 2.05) is 11.5 Å². The second kappa shape index (κ2) is 5.29. The normalized spacial score (nSPS) is 12.1. The molecular weight excluding hydrogens is 210 g/mol. The average Bonchev–Trinajstić information content (AvgIpc) is 2.62. The van der Waals surface area contributed by atoms with Gasteiger partial charge in [-0.25, -0.2) is 4.98 Å². The molecule has 0 fully saturated rings. The Morgan fingerprint density at radius 1 is 1.62 bits per heavy atom. The number of aryl methyl sites for hydroxylation is 1. The van der Waals surface area contributed by atoms with Gasteiger partial charge < -0.3 is 15.0 Å². The van der Waals surface area contributed by atoms with Gasteiger partial charge in [0.05, 0.1) is 30.7 Å². The first-order valence-corrected chi connectivity index (χ1v) is 5.03. The number of hydrogen-bond acceptors (Lipinski definition) is 3. The van der Waals surface area contributed by atoms with Crippen molar-refractivity contribution in [1.29, 1.82) is 0 Å². The van der Waals surface area contributed by atoms with Gasteiger partial charge in [-0.3, -0.25) is 9.59 Å². The van der Waals surface area contributed by atoms with Crippen molar-refractivity contribution in [3.63, 3.8) is 0 Å². The molecule has 1 aromatic rings. The molecule has 0 aliphatic rings. The maximum atomic E-state index is 11.0. The molecule has 1 heterocycles. The van der Waals surface area contributed by atoms with Crippen LogP contribution in [-0.2, 0) is 16.1 Å². The lowest BCUT2D eigenvalue weighted by atomic mass is 10.1. The van der Waals surface area contributed by atoms with E-state index < -0.39 is 12.0 Å². The van der Waals surface area contributed by atoms with E-state index >= 15 is 0 Å². The zero-order chi connectivity index (χ0) is 12.1. The number of aromatic nitrogens is 2. The third-order valence-electron chi connectivity index (χ3n) is 2.20. The molecule has 1 atom stereocenters. The van der Waals surface area contributed by atoms with Crippen LogP contribution >= 0.6 is 0 Å². The van der Waals surface area contributed by atoms with Crippen LogP contribution in [0.4, 0.5) is 0 Å². The molecule has 16 heavy (non-hydrogen) atoms. The van der Waals surface area contributed by atoms with Gasteiger partial charge in [-0.2, -0.15) is 0 Å². The molecule has 0 aliphatic carbocycles. The summed E-state index contributed by atoms with van der Waals surface area (Å²) in [6.07, 6.45) is 3.05. The highest BCUT2D eigenvalue weighted by molar-refractivity contribution is 5.75. The van der Waals surface area contributed by atoms with Gasteiger partial charge in [0.2, 0.25) is 5.91 Å². The Morgan fingerprint density at radius 2 is 2.31 bits per heavy atom. The molecule has 0 spiro atoms. The lowest BCUT2D eigenvalue weighted by molar-refractivity contribution is -0.137. The van der Waals surface area contributed by atoms with Crippen LogP contribution in [0.2, 0.25) is 0 Å². The first-order valence-electron chi connectivity index (χ1n) is 5.03. The molecule has 0 aliphatic heterocycles. The topological polar surface area (TPSA) is 84.2 Å². The van der Waals surface area contributed by atoms with Crippen LogP contribution in [0.1, 0.15) is 32.0 Å². The average molecular weight is 225 g/mol. The number of amides is 1. The van der Waals surface area contributed by atoms with Crippen LogP contribution < -0.4 is 5.32 Å². The van der Waals surface area contributed by atoms with Crippen LogP contribution in [0.25, 0.3) is 0 Å². The summed E-state index contributed by atoms with van der Waals surface area (Å²) in [6.45, 7) is 3.98. The molecule has 0 saturated carbocycles. The second-order valence-electron chi connectivity index (χ2n) is 3.46. The summed E-state index contributed by atoms with van der Waals surface area (Å²) in [6, 6.07) is -0.530. The summed E-state index contributed by atoms with van der Waals surface area (Å²) < 4.78 is 1.81. The molecule has 1 amide bonds. The molecule has 0 aromatic carbocycles. The van der Waals surface area contributed by atoms with Crippen molar-refractivity contribution in [2.24, 2.45) is 0 Å². The van der Waals surface area contributed by atoms with Crippen LogP contribution in [0.15, 0.2) is 12.5 Å². The summed E-state index contributed by atoms with van der Waals surface area (Å²) in [7, 11) is 0. The number of rotatable bonds is 5. The number of carboxylic acid groups (broad SMARTS) is 1. The summed E-state index contributed by atoms with van der Waals surface area (Å²) in [5.41, 5.74) is 0.708. The number of aliphatic carboxylic acids is 1. The zero-order valence-corrected chi connectivity index (χ0v) is 9.30. The van der Waals surface area contributed by atoms with Gasteiger partial charge in [0.15, 0.2) is 0 Å². The van der Waals surface area contributed by atoms with Crippen molar-refractivity contribution in [3.8, 4) is 0 Å². The van der Waals surface area contributed by atoms with Gasteiger partial charge in [-0.1, -0.05) is 0 Å². The van der Waals surface area contributed by atoms with E-state index in [1.54, 1.807) is 12.5 Å². The Balaban J connectivity index is 2.90. The summed E-state index contributed by atoms with van der Waals surface area (Å²) in [4.78, 5) is 25.6. The minimum atomic E-state index is -0.956. The number of nitrogens with one attached hydrogen (secondary N) is 1. The number of hydrogen-bond donors (Lipinski definition) is 2. The molecule has 2 N–H and O–H groups in total. The number of carboxylic acids is 1. The Morgan fingerprint density at radius 3 is 2.81 bits per heavy atom. The highest BCUT2D eigenvalue weighted by Gasteiger charge is 2.19. The summed E-state index contributed by atoms with van der Waals surface area (Å²) >= 11 is 0. The van der Waals surface area contributed by atoms with Crippen LogP contribution in [0.5, 0.6) is 0 Å². The SMILES string of the molecule is CCn1cncc1C(CC(=O)O)NC(C)=O. The van der Waals surface area contributed by atoms with Crippen molar-refractivity contribution in [2.45, 2.75) is 32.9 Å².